The largest absolute Gasteiger partial charge is 0.349 e. The van der Waals surface area contributed by atoms with Crippen molar-refractivity contribution in [1.82, 2.24) is 5.32 Å². The van der Waals surface area contributed by atoms with Gasteiger partial charge in [-0.25, -0.2) is 0 Å². The van der Waals surface area contributed by atoms with E-state index in [4.69, 9.17) is 0 Å². The molecule has 1 aliphatic rings. The maximum atomic E-state index is 12.4. The van der Waals surface area contributed by atoms with Crippen LogP contribution in [0, 0.1) is 0 Å². The topological polar surface area (TPSA) is 29.1 Å². The number of nitrogens with one attached hydrogen (secondary N) is 1. The number of hydrogen-bond donors (Lipinski definition) is 1. The normalized spacial score (nSPS) is 15.7. The molecule has 0 radical (unpaired) electrons. The van der Waals surface area contributed by atoms with Crippen molar-refractivity contribution in [2.75, 3.05) is 0 Å². The van der Waals surface area contributed by atoms with Gasteiger partial charge in [0, 0.05) is 11.6 Å². The van der Waals surface area contributed by atoms with Gasteiger partial charge in [0.05, 0.1) is 0 Å². The molecule has 0 spiro atoms. The minimum absolute atomic E-state index is 0.111. The van der Waals surface area contributed by atoms with E-state index in [0.717, 1.165) is 24.8 Å². The molecule has 122 valence electrons. The summed E-state index contributed by atoms with van der Waals surface area (Å²) in [5.41, 5.74) is 2.13. The Kier molecular flexibility index (Phi) is 7.48. The van der Waals surface area contributed by atoms with Gasteiger partial charge in [0.2, 0.25) is 0 Å². The molecule has 22 heavy (non-hydrogen) atoms. The summed E-state index contributed by atoms with van der Waals surface area (Å²) in [6.45, 7) is 2.24. The van der Waals surface area contributed by atoms with Crippen molar-refractivity contribution >= 4 is 5.91 Å². The van der Waals surface area contributed by atoms with E-state index in [2.05, 4.69) is 24.4 Å². The maximum absolute atomic E-state index is 12.4. The van der Waals surface area contributed by atoms with Gasteiger partial charge in [-0.15, -0.1) is 0 Å². The Morgan fingerprint density at radius 1 is 1.09 bits per heavy atom. The molecule has 1 amide bonds. The van der Waals surface area contributed by atoms with Crippen LogP contribution in [0.1, 0.15) is 87.1 Å². The number of unbranched alkanes of at least 4 members (excludes halogenated alkanes) is 4. The summed E-state index contributed by atoms with van der Waals surface area (Å²) in [6.07, 6.45) is 13.7. The number of aryl methyl sites for hydroxylation is 1. The van der Waals surface area contributed by atoms with Crippen LogP contribution in [0.3, 0.4) is 0 Å². The molecule has 0 heterocycles. The average Bonchev–Trinajstić information content (AvgIpc) is 2.56. The van der Waals surface area contributed by atoms with Crippen LogP contribution >= 0.6 is 0 Å². The highest BCUT2D eigenvalue weighted by Gasteiger charge is 2.16. The van der Waals surface area contributed by atoms with Gasteiger partial charge in [0.15, 0.2) is 0 Å². The highest BCUT2D eigenvalue weighted by atomic mass is 16.1. The van der Waals surface area contributed by atoms with Crippen molar-refractivity contribution in [2.45, 2.75) is 83.6 Å². The van der Waals surface area contributed by atoms with Crippen LogP contribution in [0.25, 0.3) is 0 Å². The number of carbonyl (C=O) groups is 1. The lowest BCUT2D eigenvalue weighted by Crippen LogP contribution is -2.36. The summed E-state index contributed by atoms with van der Waals surface area (Å²) in [4.78, 5) is 12.4. The molecule has 0 unspecified atom stereocenters. The predicted octanol–water partition coefficient (Wildman–Crippen LogP) is 5.26. The fourth-order valence-corrected chi connectivity index (χ4v) is 3.32. The first-order valence-electron chi connectivity index (χ1n) is 9.19. The van der Waals surface area contributed by atoms with Crippen LogP contribution in [0.2, 0.25) is 0 Å². The van der Waals surface area contributed by atoms with Gasteiger partial charge in [-0.1, -0.05) is 64.0 Å². The summed E-state index contributed by atoms with van der Waals surface area (Å²) in [7, 11) is 0. The van der Waals surface area contributed by atoms with E-state index >= 15 is 0 Å². The number of benzene rings is 1. The van der Waals surface area contributed by atoms with Crippen LogP contribution in [-0.4, -0.2) is 11.9 Å². The van der Waals surface area contributed by atoms with Crippen molar-refractivity contribution in [3.05, 3.63) is 35.4 Å². The monoisotopic (exact) mass is 301 g/mol. The average molecular weight is 301 g/mol. The number of rotatable bonds is 8. The summed E-state index contributed by atoms with van der Waals surface area (Å²) in [6, 6.07) is 8.59. The van der Waals surface area contributed by atoms with Gasteiger partial charge in [-0.3, -0.25) is 4.79 Å². The van der Waals surface area contributed by atoms with Crippen molar-refractivity contribution < 1.29 is 4.79 Å². The van der Waals surface area contributed by atoms with Crippen LogP contribution in [0.5, 0.6) is 0 Å². The van der Waals surface area contributed by atoms with Crippen LogP contribution in [-0.2, 0) is 6.42 Å². The Morgan fingerprint density at radius 3 is 2.64 bits per heavy atom. The molecular formula is C20H31NO. The van der Waals surface area contributed by atoms with Gasteiger partial charge in [-0.2, -0.15) is 0 Å². The van der Waals surface area contributed by atoms with Crippen LogP contribution in [0.4, 0.5) is 0 Å². The van der Waals surface area contributed by atoms with E-state index in [1.54, 1.807) is 0 Å². The molecule has 0 saturated heterocycles. The van der Waals surface area contributed by atoms with E-state index in [0.29, 0.717) is 6.04 Å². The summed E-state index contributed by atoms with van der Waals surface area (Å²) in [5, 5.41) is 3.21. The van der Waals surface area contributed by atoms with Crippen molar-refractivity contribution in [3.8, 4) is 0 Å². The summed E-state index contributed by atoms with van der Waals surface area (Å²) < 4.78 is 0. The zero-order valence-electron chi connectivity index (χ0n) is 14.1. The molecule has 1 fully saturated rings. The second kappa shape index (κ2) is 9.66. The third kappa shape index (κ3) is 5.82. The van der Waals surface area contributed by atoms with Gasteiger partial charge in [0.1, 0.15) is 0 Å². The van der Waals surface area contributed by atoms with E-state index in [1.165, 1.54) is 56.9 Å². The van der Waals surface area contributed by atoms with Gasteiger partial charge >= 0.3 is 0 Å². The number of hydrogen-bond acceptors (Lipinski definition) is 1. The van der Waals surface area contributed by atoms with E-state index < -0.39 is 0 Å². The lowest BCUT2D eigenvalue weighted by atomic mass is 9.95. The zero-order chi connectivity index (χ0) is 15.6. The van der Waals surface area contributed by atoms with Crippen LogP contribution in [0.15, 0.2) is 24.3 Å². The van der Waals surface area contributed by atoms with E-state index in [9.17, 15) is 4.79 Å². The molecular weight excluding hydrogens is 270 g/mol. The molecule has 0 aliphatic heterocycles. The first-order valence-corrected chi connectivity index (χ1v) is 9.19. The van der Waals surface area contributed by atoms with Crippen molar-refractivity contribution in [2.24, 2.45) is 0 Å². The van der Waals surface area contributed by atoms with E-state index in [-0.39, 0.29) is 5.91 Å². The van der Waals surface area contributed by atoms with Gasteiger partial charge in [0.25, 0.3) is 5.91 Å². The minimum Gasteiger partial charge on any atom is -0.349 e. The molecule has 0 bridgehead atoms. The fourth-order valence-electron chi connectivity index (χ4n) is 3.32. The van der Waals surface area contributed by atoms with Gasteiger partial charge < -0.3 is 5.32 Å². The molecule has 2 rings (SSSR count). The zero-order valence-corrected chi connectivity index (χ0v) is 14.1. The Bertz CT molecular complexity index is 449. The molecule has 0 aromatic heterocycles. The molecule has 1 aromatic carbocycles. The van der Waals surface area contributed by atoms with Gasteiger partial charge in [-0.05, 0) is 43.4 Å². The fraction of sp³-hybridized carbons (Fsp3) is 0.650. The number of amides is 1. The Morgan fingerprint density at radius 2 is 1.86 bits per heavy atom. The summed E-state index contributed by atoms with van der Waals surface area (Å²) >= 11 is 0. The first kappa shape index (κ1) is 17.1. The standard InChI is InChI=1S/C20H31NO/c1-2-3-4-5-7-11-17-12-10-13-18(16-17)20(22)21-19-14-8-6-9-15-19/h10,12-13,16,19H,2-9,11,14-15H2,1H3,(H,21,22). The molecule has 2 nitrogen and oxygen atoms in total. The Labute approximate surface area is 135 Å². The van der Waals surface area contributed by atoms with Crippen molar-refractivity contribution in [1.29, 1.82) is 0 Å². The Balaban J connectivity index is 1.80. The third-order valence-corrected chi connectivity index (χ3v) is 4.70. The number of carbonyl (C=O) groups excluding carboxylic acids is 1. The molecule has 0 atom stereocenters. The minimum atomic E-state index is 0.111. The molecule has 2 heteroatoms. The lowest BCUT2D eigenvalue weighted by Gasteiger charge is -2.22. The smallest absolute Gasteiger partial charge is 0.251 e. The molecule has 1 N–H and O–H groups in total. The second-order valence-electron chi connectivity index (χ2n) is 6.67. The quantitative estimate of drug-likeness (QED) is 0.652. The summed E-state index contributed by atoms with van der Waals surface area (Å²) in [5.74, 6) is 0.111. The SMILES string of the molecule is CCCCCCCc1cccc(C(=O)NC2CCCCC2)c1. The highest BCUT2D eigenvalue weighted by molar-refractivity contribution is 5.94. The highest BCUT2D eigenvalue weighted by Crippen LogP contribution is 2.18. The van der Waals surface area contributed by atoms with E-state index in [1.807, 2.05) is 12.1 Å². The maximum Gasteiger partial charge on any atom is 0.251 e. The predicted molar refractivity (Wildman–Crippen MR) is 93.2 cm³/mol. The Hall–Kier alpha value is -1.31. The molecule has 1 saturated carbocycles. The first-order chi connectivity index (χ1) is 10.8. The second-order valence-corrected chi connectivity index (χ2v) is 6.67. The van der Waals surface area contributed by atoms with Crippen molar-refractivity contribution in [3.63, 3.8) is 0 Å². The lowest BCUT2D eigenvalue weighted by molar-refractivity contribution is 0.0927. The molecule has 1 aromatic rings. The third-order valence-electron chi connectivity index (χ3n) is 4.70. The molecule has 1 aliphatic carbocycles. The van der Waals surface area contributed by atoms with Crippen LogP contribution < -0.4 is 5.32 Å².